The predicted molar refractivity (Wildman–Crippen MR) is 96.8 cm³/mol. The first-order valence-electron chi connectivity index (χ1n) is 7.90. The Morgan fingerprint density at radius 1 is 1.22 bits per heavy atom. The van der Waals surface area contributed by atoms with E-state index in [2.05, 4.69) is 17.2 Å². The number of pyridine rings is 1. The molecule has 0 radical (unpaired) electrons. The lowest BCUT2D eigenvalue weighted by molar-refractivity contribution is 0.197. The molecule has 1 fully saturated rings. The van der Waals surface area contributed by atoms with Gasteiger partial charge in [0, 0.05) is 36.3 Å². The monoisotopic (exact) mass is 327 g/mol. The third-order valence-corrected chi connectivity index (χ3v) is 5.11. The van der Waals surface area contributed by atoms with Crippen LogP contribution in [0.3, 0.4) is 0 Å². The number of benzene rings is 1. The minimum atomic E-state index is -0.0125. The summed E-state index contributed by atoms with van der Waals surface area (Å²) in [5.41, 5.74) is 2.91. The van der Waals surface area contributed by atoms with Crippen LogP contribution in [0.1, 0.15) is 13.3 Å². The highest BCUT2D eigenvalue weighted by Gasteiger charge is 2.22. The van der Waals surface area contributed by atoms with Crippen LogP contribution in [0.2, 0.25) is 0 Å². The number of carbonyl (C=O) groups excluding carboxylic acids is 1. The number of thioether (sulfide) groups is 1. The minimum Gasteiger partial charge on any atom is -0.321 e. The molecule has 4 nitrogen and oxygen atoms in total. The third kappa shape index (κ3) is 3.85. The van der Waals surface area contributed by atoms with Gasteiger partial charge in [-0.25, -0.2) is 4.79 Å². The molecule has 1 aliphatic rings. The summed E-state index contributed by atoms with van der Waals surface area (Å²) in [6.45, 7) is 2.93. The molecular formula is C18H21N3OS. The van der Waals surface area contributed by atoms with E-state index in [-0.39, 0.29) is 12.1 Å². The maximum absolute atomic E-state index is 12.7. The van der Waals surface area contributed by atoms with E-state index in [4.69, 9.17) is 0 Å². The lowest BCUT2D eigenvalue weighted by Crippen LogP contribution is -2.42. The number of carbonyl (C=O) groups is 1. The van der Waals surface area contributed by atoms with Gasteiger partial charge in [-0.3, -0.25) is 4.98 Å². The second kappa shape index (κ2) is 7.51. The van der Waals surface area contributed by atoms with E-state index in [1.165, 1.54) is 0 Å². The van der Waals surface area contributed by atoms with Gasteiger partial charge in [-0.2, -0.15) is 11.8 Å². The summed E-state index contributed by atoms with van der Waals surface area (Å²) in [7, 11) is 0. The average molecular weight is 327 g/mol. The number of hydrogen-bond donors (Lipinski definition) is 1. The molecule has 1 aliphatic heterocycles. The molecule has 2 amide bonds. The molecule has 2 heterocycles. The molecule has 1 N–H and O–H groups in total. The molecule has 1 aromatic carbocycles. The summed E-state index contributed by atoms with van der Waals surface area (Å²) in [5.74, 6) is 2.13. The summed E-state index contributed by atoms with van der Waals surface area (Å²) in [4.78, 5) is 18.7. The van der Waals surface area contributed by atoms with Gasteiger partial charge in [-0.1, -0.05) is 18.2 Å². The SMILES string of the molecule is C[C@H]1CCSCCN1C(=O)Nc1ccccc1-c1ccncc1. The Morgan fingerprint density at radius 2 is 2.00 bits per heavy atom. The van der Waals surface area contributed by atoms with E-state index >= 15 is 0 Å². The van der Waals surface area contributed by atoms with Gasteiger partial charge >= 0.3 is 6.03 Å². The third-order valence-electron chi connectivity index (χ3n) is 4.11. The largest absolute Gasteiger partial charge is 0.322 e. The van der Waals surface area contributed by atoms with Crippen LogP contribution < -0.4 is 5.32 Å². The topological polar surface area (TPSA) is 45.2 Å². The van der Waals surface area contributed by atoms with Gasteiger partial charge in [0.05, 0.1) is 5.69 Å². The Morgan fingerprint density at radius 3 is 2.83 bits per heavy atom. The molecule has 1 aromatic heterocycles. The highest BCUT2D eigenvalue weighted by molar-refractivity contribution is 7.99. The van der Waals surface area contributed by atoms with Crippen molar-refractivity contribution in [2.24, 2.45) is 0 Å². The zero-order valence-electron chi connectivity index (χ0n) is 13.2. The molecule has 3 rings (SSSR count). The number of nitrogens with zero attached hydrogens (tertiary/aromatic N) is 2. The van der Waals surface area contributed by atoms with Crippen LogP contribution in [0, 0.1) is 0 Å². The predicted octanol–water partition coefficient (Wildman–Crippen LogP) is 4.11. The Labute approximate surface area is 141 Å². The van der Waals surface area contributed by atoms with Gasteiger partial charge in [0.1, 0.15) is 0 Å². The Bertz CT molecular complexity index is 662. The molecule has 5 heteroatoms. The fourth-order valence-corrected chi connectivity index (χ4v) is 3.80. The summed E-state index contributed by atoms with van der Waals surface area (Å²) < 4.78 is 0. The minimum absolute atomic E-state index is 0.0125. The number of aromatic nitrogens is 1. The van der Waals surface area contributed by atoms with Crippen molar-refractivity contribution >= 4 is 23.5 Å². The number of para-hydroxylation sites is 1. The first kappa shape index (κ1) is 15.9. The molecule has 0 bridgehead atoms. The van der Waals surface area contributed by atoms with Crippen LogP contribution in [0.15, 0.2) is 48.8 Å². The normalized spacial score (nSPS) is 18.3. The molecule has 0 aliphatic carbocycles. The number of urea groups is 1. The van der Waals surface area contributed by atoms with Crippen LogP contribution in [0.4, 0.5) is 10.5 Å². The highest BCUT2D eigenvalue weighted by atomic mass is 32.2. The number of nitrogens with one attached hydrogen (secondary N) is 1. The van der Waals surface area contributed by atoms with Crippen molar-refractivity contribution in [3.05, 3.63) is 48.8 Å². The van der Waals surface area contributed by atoms with E-state index in [9.17, 15) is 4.79 Å². The van der Waals surface area contributed by atoms with E-state index in [0.717, 1.165) is 41.3 Å². The maximum atomic E-state index is 12.7. The zero-order valence-corrected chi connectivity index (χ0v) is 14.1. The van der Waals surface area contributed by atoms with Crippen LogP contribution in [-0.4, -0.2) is 40.0 Å². The molecule has 1 atom stereocenters. The van der Waals surface area contributed by atoms with Crippen molar-refractivity contribution in [3.8, 4) is 11.1 Å². The van der Waals surface area contributed by atoms with Gasteiger partial charge in [-0.05, 0) is 42.9 Å². The highest BCUT2D eigenvalue weighted by Crippen LogP contribution is 2.28. The Kier molecular flexibility index (Phi) is 5.18. The van der Waals surface area contributed by atoms with Gasteiger partial charge in [0.2, 0.25) is 0 Å². The first-order chi connectivity index (χ1) is 11.3. The fourth-order valence-electron chi connectivity index (χ4n) is 2.76. The van der Waals surface area contributed by atoms with E-state index < -0.39 is 0 Å². The summed E-state index contributed by atoms with van der Waals surface area (Å²) in [6.07, 6.45) is 4.58. The van der Waals surface area contributed by atoms with Gasteiger partial charge in [0.25, 0.3) is 0 Å². The molecule has 0 unspecified atom stereocenters. The van der Waals surface area contributed by atoms with E-state index in [1.807, 2.05) is 53.1 Å². The van der Waals surface area contributed by atoms with E-state index in [1.54, 1.807) is 12.4 Å². The number of rotatable bonds is 2. The Balaban J connectivity index is 1.81. The van der Waals surface area contributed by atoms with Crippen molar-refractivity contribution in [2.45, 2.75) is 19.4 Å². The average Bonchev–Trinajstić information content (AvgIpc) is 2.80. The van der Waals surface area contributed by atoms with E-state index in [0.29, 0.717) is 0 Å². The van der Waals surface area contributed by atoms with Crippen molar-refractivity contribution in [2.75, 3.05) is 23.4 Å². The van der Waals surface area contributed by atoms with Gasteiger partial charge in [0.15, 0.2) is 0 Å². The molecule has 1 saturated heterocycles. The molecule has 0 saturated carbocycles. The summed E-state index contributed by atoms with van der Waals surface area (Å²) >= 11 is 1.92. The number of anilines is 1. The van der Waals surface area contributed by atoms with Gasteiger partial charge < -0.3 is 10.2 Å². The summed E-state index contributed by atoms with van der Waals surface area (Å²) in [6, 6.07) is 12.1. The smallest absolute Gasteiger partial charge is 0.321 e. The van der Waals surface area contributed by atoms with Crippen molar-refractivity contribution in [3.63, 3.8) is 0 Å². The molecule has 120 valence electrons. The lowest BCUT2D eigenvalue weighted by atomic mass is 10.1. The fraction of sp³-hybridized carbons (Fsp3) is 0.333. The quantitative estimate of drug-likeness (QED) is 0.903. The first-order valence-corrected chi connectivity index (χ1v) is 9.06. The second-order valence-electron chi connectivity index (χ2n) is 5.66. The molecular weight excluding hydrogens is 306 g/mol. The van der Waals surface area contributed by atoms with Crippen LogP contribution in [0.25, 0.3) is 11.1 Å². The maximum Gasteiger partial charge on any atom is 0.322 e. The standard InChI is InChI=1S/C18H21N3OS/c1-14-8-12-23-13-11-21(14)18(22)20-17-5-3-2-4-16(17)15-6-9-19-10-7-15/h2-7,9-10,14H,8,11-13H2,1H3,(H,20,22)/t14-/m0/s1. The number of hydrogen-bond acceptors (Lipinski definition) is 3. The van der Waals surface area contributed by atoms with Crippen LogP contribution in [0.5, 0.6) is 0 Å². The molecule has 0 spiro atoms. The second-order valence-corrected chi connectivity index (χ2v) is 6.88. The van der Waals surface area contributed by atoms with Crippen LogP contribution in [-0.2, 0) is 0 Å². The van der Waals surface area contributed by atoms with Crippen molar-refractivity contribution in [1.82, 2.24) is 9.88 Å². The Hall–Kier alpha value is -2.01. The molecule has 2 aromatic rings. The van der Waals surface area contributed by atoms with Crippen molar-refractivity contribution < 1.29 is 4.79 Å². The van der Waals surface area contributed by atoms with Crippen LogP contribution >= 0.6 is 11.8 Å². The zero-order chi connectivity index (χ0) is 16.1. The van der Waals surface area contributed by atoms with Gasteiger partial charge in [-0.15, -0.1) is 0 Å². The number of amides is 2. The van der Waals surface area contributed by atoms with Crippen molar-refractivity contribution in [1.29, 1.82) is 0 Å². The lowest BCUT2D eigenvalue weighted by Gasteiger charge is -2.27. The molecule has 23 heavy (non-hydrogen) atoms. The summed E-state index contributed by atoms with van der Waals surface area (Å²) in [5, 5.41) is 3.09.